The van der Waals surface area contributed by atoms with Crippen LogP contribution in [0.5, 0.6) is 0 Å². The Kier molecular flexibility index (Phi) is 3.91. The molecular formula is C16H15N5O. The number of nitrogens with one attached hydrogen (secondary N) is 2. The fourth-order valence-electron chi connectivity index (χ4n) is 2.32. The minimum atomic E-state index is -0.279. The van der Waals surface area contributed by atoms with E-state index in [9.17, 15) is 4.79 Å². The number of aromatic nitrogens is 4. The second-order valence-electron chi connectivity index (χ2n) is 4.90. The molecule has 6 nitrogen and oxygen atoms in total. The Morgan fingerprint density at radius 2 is 1.95 bits per heavy atom. The lowest BCUT2D eigenvalue weighted by molar-refractivity contribution is 0.0938. The summed E-state index contributed by atoms with van der Waals surface area (Å²) < 4.78 is 0. The highest BCUT2D eigenvalue weighted by Crippen LogP contribution is 2.24. The molecule has 0 bridgehead atoms. The maximum Gasteiger partial charge on any atom is 0.274 e. The van der Waals surface area contributed by atoms with Crippen LogP contribution in [0, 0.1) is 6.92 Å². The van der Waals surface area contributed by atoms with Crippen LogP contribution in [0.4, 0.5) is 0 Å². The Morgan fingerprint density at radius 1 is 1.18 bits per heavy atom. The molecule has 22 heavy (non-hydrogen) atoms. The zero-order chi connectivity index (χ0) is 15.4. The van der Waals surface area contributed by atoms with Gasteiger partial charge in [0.2, 0.25) is 0 Å². The number of carbonyl (C=O) groups is 1. The molecule has 110 valence electrons. The summed E-state index contributed by atoms with van der Waals surface area (Å²) in [4.78, 5) is 16.4. The zero-order valence-corrected chi connectivity index (χ0v) is 12.0. The number of hydrogen-bond donors (Lipinski definition) is 2. The fourth-order valence-corrected chi connectivity index (χ4v) is 2.32. The van der Waals surface area contributed by atoms with Crippen molar-refractivity contribution in [3.63, 3.8) is 0 Å². The van der Waals surface area contributed by atoms with Gasteiger partial charge in [-0.25, -0.2) is 0 Å². The van der Waals surface area contributed by atoms with E-state index in [1.165, 1.54) is 6.20 Å². The Morgan fingerprint density at radius 3 is 2.64 bits per heavy atom. The van der Waals surface area contributed by atoms with E-state index in [4.69, 9.17) is 0 Å². The van der Waals surface area contributed by atoms with Gasteiger partial charge in [0.15, 0.2) is 5.69 Å². The number of H-pyrrole nitrogens is 1. The van der Waals surface area contributed by atoms with Crippen LogP contribution in [0.25, 0.3) is 0 Å². The van der Waals surface area contributed by atoms with Gasteiger partial charge in [-0.3, -0.25) is 9.78 Å². The number of amides is 1. The van der Waals surface area contributed by atoms with Crippen molar-refractivity contribution in [3.05, 3.63) is 77.4 Å². The van der Waals surface area contributed by atoms with Crippen molar-refractivity contribution in [2.75, 3.05) is 0 Å². The van der Waals surface area contributed by atoms with Gasteiger partial charge in [0.25, 0.3) is 5.91 Å². The number of nitrogens with zero attached hydrogens (tertiary/aromatic N) is 3. The van der Waals surface area contributed by atoms with Crippen LogP contribution in [-0.4, -0.2) is 26.3 Å². The van der Waals surface area contributed by atoms with Gasteiger partial charge in [0.1, 0.15) is 0 Å². The fraction of sp³-hybridized carbons (Fsp3) is 0.125. The number of pyridine rings is 1. The lowest BCUT2D eigenvalue weighted by atomic mass is 9.95. The highest BCUT2D eigenvalue weighted by Gasteiger charge is 2.20. The van der Waals surface area contributed by atoms with Gasteiger partial charge >= 0.3 is 0 Å². The smallest absolute Gasteiger partial charge is 0.274 e. The van der Waals surface area contributed by atoms with E-state index in [0.717, 1.165) is 16.7 Å². The SMILES string of the molecule is Cc1ccccc1C(NC(=O)c1cn[nH]n1)c1ccncc1. The van der Waals surface area contributed by atoms with Crippen molar-refractivity contribution in [1.29, 1.82) is 0 Å². The summed E-state index contributed by atoms with van der Waals surface area (Å²) in [6.07, 6.45) is 4.82. The normalized spacial score (nSPS) is 11.9. The van der Waals surface area contributed by atoms with Crippen LogP contribution in [0.3, 0.4) is 0 Å². The van der Waals surface area contributed by atoms with E-state index in [1.807, 2.05) is 43.3 Å². The molecule has 0 fully saturated rings. The predicted octanol–water partition coefficient (Wildman–Crippen LogP) is 2.03. The van der Waals surface area contributed by atoms with Crippen LogP contribution >= 0.6 is 0 Å². The van der Waals surface area contributed by atoms with Gasteiger partial charge in [-0.2, -0.15) is 15.4 Å². The molecule has 6 heteroatoms. The monoisotopic (exact) mass is 293 g/mol. The minimum Gasteiger partial charge on any atom is -0.340 e. The summed E-state index contributed by atoms with van der Waals surface area (Å²) in [6.45, 7) is 2.02. The average molecular weight is 293 g/mol. The van der Waals surface area contributed by atoms with Crippen LogP contribution in [0.2, 0.25) is 0 Å². The van der Waals surface area contributed by atoms with E-state index >= 15 is 0 Å². The molecule has 0 saturated carbocycles. The second kappa shape index (κ2) is 6.17. The van der Waals surface area contributed by atoms with E-state index in [2.05, 4.69) is 25.7 Å². The molecule has 1 unspecified atom stereocenters. The minimum absolute atomic E-state index is 0.257. The quantitative estimate of drug-likeness (QED) is 0.771. The Hall–Kier alpha value is -3.02. The summed E-state index contributed by atoms with van der Waals surface area (Å²) in [5, 5.41) is 12.9. The molecule has 1 amide bonds. The molecule has 2 heterocycles. The molecule has 0 saturated heterocycles. The highest BCUT2D eigenvalue weighted by molar-refractivity contribution is 5.92. The van der Waals surface area contributed by atoms with Crippen LogP contribution in [-0.2, 0) is 0 Å². The van der Waals surface area contributed by atoms with Gasteiger partial charge in [0, 0.05) is 12.4 Å². The van der Waals surface area contributed by atoms with Crippen LogP contribution < -0.4 is 5.32 Å². The van der Waals surface area contributed by atoms with E-state index in [0.29, 0.717) is 0 Å². The molecule has 2 aromatic heterocycles. The van der Waals surface area contributed by atoms with Crippen LogP contribution in [0.1, 0.15) is 33.2 Å². The molecule has 3 aromatic rings. The molecule has 2 N–H and O–H groups in total. The molecule has 0 aliphatic rings. The summed E-state index contributed by atoms with van der Waals surface area (Å²) in [6, 6.07) is 11.5. The number of aromatic amines is 1. The summed E-state index contributed by atoms with van der Waals surface area (Å²) in [5.41, 5.74) is 3.35. The Balaban J connectivity index is 1.97. The first-order valence-corrected chi connectivity index (χ1v) is 6.88. The first-order valence-electron chi connectivity index (χ1n) is 6.88. The third-order valence-electron chi connectivity index (χ3n) is 3.46. The molecule has 0 radical (unpaired) electrons. The molecule has 3 rings (SSSR count). The van der Waals surface area contributed by atoms with E-state index in [1.54, 1.807) is 12.4 Å². The molecule has 0 aliphatic carbocycles. The van der Waals surface area contributed by atoms with Crippen molar-refractivity contribution < 1.29 is 4.79 Å². The van der Waals surface area contributed by atoms with Gasteiger partial charge in [-0.15, -0.1) is 0 Å². The summed E-state index contributed by atoms with van der Waals surface area (Å²) >= 11 is 0. The molecular weight excluding hydrogens is 278 g/mol. The third kappa shape index (κ3) is 2.85. The first-order chi connectivity index (χ1) is 10.8. The standard InChI is InChI=1S/C16H15N5O/c1-11-4-2-3-5-13(11)15(12-6-8-17-9-7-12)19-16(22)14-10-18-21-20-14/h2-10,15H,1H3,(H,19,22)(H,18,20,21). The summed E-state index contributed by atoms with van der Waals surface area (Å²) in [7, 11) is 0. The van der Waals surface area contributed by atoms with E-state index < -0.39 is 0 Å². The second-order valence-corrected chi connectivity index (χ2v) is 4.90. The van der Waals surface area contributed by atoms with Crippen molar-refractivity contribution in [3.8, 4) is 0 Å². The topological polar surface area (TPSA) is 83.6 Å². The van der Waals surface area contributed by atoms with Gasteiger partial charge < -0.3 is 5.32 Å². The maximum atomic E-state index is 12.3. The van der Waals surface area contributed by atoms with Crippen molar-refractivity contribution in [2.24, 2.45) is 0 Å². The van der Waals surface area contributed by atoms with Gasteiger partial charge in [0.05, 0.1) is 12.2 Å². The third-order valence-corrected chi connectivity index (χ3v) is 3.46. The average Bonchev–Trinajstić information content (AvgIpc) is 3.09. The van der Waals surface area contributed by atoms with Crippen LogP contribution in [0.15, 0.2) is 55.0 Å². The van der Waals surface area contributed by atoms with Crippen molar-refractivity contribution in [1.82, 2.24) is 25.7 Å². The predicted molar refractivity (Wildman–Crippen MR) is 81.1 cm³/mol. The van der Waals surface area contributed by atoms with E-state index in [-0.39, 0.29) is 17.6 Å². The molecule has 1 aromatic carbocycles. The Bertz CT molecular complexity index is 755. The lowest BCUT2D eigenvalue weighted by Crippen LogP contribution is -2.30. The summed E-state index contributed by atoms with van der Waals surface area (Å²) in [5.74, 6) is -0.279. The molecule has 1 atom stereocenters. The highest BCUT2D eigenvalue weighted by atomic mass is 16.2. The number of hydrogen-bond acceptors (Lipinski definition) is 4. The number of rotatable bonds is 4. The van der Waals surface area contributed by atoms with Gasteiger partial charge in [-0.1, -0.05) is 24.3 Å². The Labute approximate surface area is 127 Å². The number of benzene rings is 1. The van der Waals surface area contributed by atoms with Crippen molar-refractivity contribution in [2.45, 2.75) is 13.0 Å². The van der Waals surface area contributed by atoms with Gasteiger partial charge in [-0.05, 0) is 35.7 Å². The number of aryl methyl sites for hydroxylation is 1. The lowest BCUT2D eigenvalue weighted by Gasteiger charge is -2.21. The van der Waals surface area contributed by atoms with Crippen molar-refractivity contribution >= 4 is 5.91 Å². The largest absolute Gasteiger partial charge is 0.340 e. The number of carbonyl (C=O) groups excluding carboxylic acids is 1. The zero-order valence-electron chi connectivity index (χ0n) is 12.0. The molecule has 0 aliphatic heterocycles. The molecule has 0 spiro atoms. The maximum absolute atomic E-state index is 12.3. The first kappa shape index (κ1) is 13.9.